The van der Waals surface area contributed by atoms with Crippen molar-refractivity contribution in [2.45, 2.75) is 0 Å². The second kappa shape index (κ2) is 5.68. The van der Waals surface area contributed by atoms with Crippen molar-refractivity contribution in [3.8, 4) is 11.5 Å². The summed E-state index contributed by atoms with van der Waals surface area (Å²) in [6.07, 6.45) is 0. The van der Waals surface area contributed by atoms with Crippen LogP contribution in [0.15, 0.2) is 80.1 Å². The Morgan fingerprint density at radius 1 is 0.680 bits per heavy atom. The van der Waals surface area contributed by atoms with Gasteiger partial charge in [0.1, 0.15) is 5.52 Å². The fourth-order valence-corrected chi connectivity index (χ4v) is 3.99. The van der Waals surface area contributed by atoms with Gasteiger partial charge in [-0.3, -0.25) is 0 Å². The van der Waals surface area contributed by atoms with E-state index in [0.29, 0.717) is 5.89 Å². The van der Waals surface area contributed by atoms with E-state index in [-0.39, 0.29) is 0 Å². The van der Waals surface area contributed by atoms with Gasteiger partial charge >= 0.3 is 0 Å². The first-order chi connectivity index (χ1) is 12.2. The van der Waals surface area contributed by atoms with Crippen LogP contribution < -0.4 is 0 Å². The largest absolute Gasteiger partial charge is 0.435 e. The van der Waals surface area contributed by atoms with Crippen LogP contribution in [0.3, 0.4) is 0 Å². The SMILES string of the molecule is Brc1ccc2c(c1)c1cc(Br)ccc1c1oc(-c3ccccc3)nc21. The highest BCUT2D eigenvalue weighted by molar-refractivity contribution is 9.10. The molecule has 0 spiro atoms. The number of hydrogen-bond acceptors (Lipinski definition) is 2. The fraction of sp³-hybridized carbons (Fsp3) is 0. The Balaban J connectivity index is 1.98. The van der Waals surface area contributed by atoms with Crippen LogP contribution in [0.2, 0.25) is 0 Å². The Bertz CT molecular complexity index is 1180. The minimum Gasteiger partial charge on any atom is -0.435 e. The third-order valence-electron chi connectivity index (χ3n) is 4.40. The maximum Gasteiger partial charge on any atom is 0.227 e. The van der Waals surface area contributed by atoms with Crippen LogP contribution in [0.25, 0.3) is 44.1 Å². The van der Waals surface area contributed by atoms with Crippen LogP contribution in [0.1, 0.15) is 0 Å². The minimum atomic E-state index is 0.648. The summed E-state index contributed by atoms with van der Waals surface area (Å²) in [6.45, 7) is 0. The van der Waals surface area contributed by atoms with Crippen molar-refractivity contribution in [3.05, 3.63) is 75.7 Å². The highest BCUT2D eigenvalue weighted by Gasteiger charge is 2.16. The Kier molecular flexibility index (Phi) is 3.43. The van der Waals surface area contributed by atoms with Gasteiger partial charge in [0, 0.05) is 25.3 Å². The van der Waals surface area contributed by atoms with Crippen molar-refractivity contribution in [1.82, 2.24) is 4.98 Å². The molecule has 0 aliphatic rings. The third-order valence-corrected chi connectivity index (χ3v) is 5.39. The number of halogens is 2. The third kappa shape index (κ3) is 2.40. The monoisotopic (exact) mass is 451 g/mol. The molecule has 0 amide bonds. The van der Waals surface area contributed by atoms with Gasteiger partial charge < -0.3 is 4.42 Å². The zero-order valence-electron chi connectivity index (χ0n) is 13.0. The van der Waals surface area contributed by atoms with Crippen LogP contribution in [-0.4, -0.2) is 4.98 Å². The summed E-state index contributed by atoms with van der Waals surface area (Å²) in [7, 11) is 0. The lowest BCUT2D eigenvalue weighted by Crippen LogP contribution is -1.82. The van der Waals surface area contributed by atoms with Gasteiger partial charge in [-0.2, -0.15) is 0 Å². The van der Waals surface area contributed by atoms with E-state index >= 15 is 0 Å². The Morgan fingerprint density at radius 3 is 2.04 bits per heavy atom. The second-order valence-electron chi connectivity index (χ2n) is 5.94. The zero-order valence-corrected chi connectivity index (χ0v) is 16.1. The van der Waals surface area contributed by atoms with Crippen LogP contribution >= 0.6 is 31.9 Å². The molecule has 0 atom stereocenters. The van der Waals surface area contributed by atoms with Crippen molar-refractivity contribution in [1.29, 1.82) is 0 Å². The van der Waals surface area contributed by atoms with E-state index in [2.05, 4.69) is 56.1 Å². The molecule has 1 aromatic heterocycles. The predicted octanol–water partition coefficient (Wildman–Crippen LogP) is 7.33. The van der Waals surface area contributed by atoms with E-state index in [0.717, 1.165) is 47.2 Å². The molecule has 0 aliphatic carbocycles. The number of hydrogen-bond donors (Lipinski definition) is 0. The molecule has 0 unspecified atom stereocenters. The molecular formula is C21H11Br2NO. The Labute approximate surface area is 160 Å². The molecule has 25 heavy (non-hydrogen) atoms. The van der Waals surface area contributed by atoms with Crippen molar-refractivity contribution >= 4 is 64.5 Å². The van der Waals surface area contributed by atoms with Crippen LogP contribution in [0.5, 0.6) is 0 Å². The normalized spacial score (nSPS) is 11.6. The molecule has 5 rings (SSSR count). The molecule has 0 saturated heterocycles. The molecule has 1 heterocycles. The van der Waals surface area contributed by atoms with Crippen LogP contribution in [-0.2, 0) is 0 Å². The average molecular weight is 453 g/mol. The van der Waals surface area contributed by atoms with Gasteiger partial charge in [0.05, 0.1) is 0 Å². The van der Waals surface area contributed by atoms with Crippen LogP contribution in [0, 0.1) is 0 Å². The molecule has 5 aromatic rings. The predicted molar refractivity (Wildman–Crippen MR) is 110 cm³/mol. The van der Waals surface area contributed by atoms with E-state index in [4.69, 9.17) is 9.40 Å². The smallest absolute Gasteiger partial charge is 0.227 e. The molecule has 2 nitrogen and oxygen atoms in total. The molecule has 0 fully saturated rings. The minimum absolute atomic E-state index is 0.648. The summed E-state index contributed by atoms with van der Waals surface area (Å²) in [5.74, 6) is 0.648. The number of nitrogens with zero attached hydrogens (tertiary/aromatic N) is 1. The maximum atomic E-state index is 6.21. The van der Waals surface area contributed by atoms with Gasteiger partial charge in [-0.1, -0.05) is 56.1 Å². The molecule has 0 bridgehead atoms. The maximum absolute atomic E-state index is 6.21. The van der Waals surface area contributed by atoms with Gasteiger partial charge in [0.25, 0.3) is 0 Å². The summed E-state index contributed by atoms with van der Waals surface area (Å²) in [5.41, 5.74) is 2.71. The Morgan fingerprint density at radius 2 is 1.32 bits per heavy atom. The van der Waals surface area contributed by atoms with Crippen molar-refractivity contribution in [3.63, 3.8) is 0 Å². The average Bonchev–Trinajstić information content (AvgIpc) is 3.08. The highest BCUT2D eigenvalue weighted by atomic mass is 79.9. The standard InChI is InChI=1S/C21H11Br2NO/c22-13-6-8-15-17(10-13)18-11-14(23)7-9-16(18)20-19(15)24-21(25-20)12-4-2-1-3-5-12/h1-11H. The van der Waals surface area contributed by atoms with E-state index in [1.165, 1.54) is 0 Å². The van der Waals surface area contributed by atoms with Gasteiger partial charge in [-0.25, -0.2) is 4.98 Å². The van der Waals surface area contributed by atoms with Gasteiger partial charge in [0.15, 0.2) is 5.58 Å². The summed E-state index contributed by atoms with van der Waals surface area (Å²) in [4.78, 5) is 4.82. The summed E-state index contributed by atoms with van der Waals surface area (Å²) in [5, 5.41) is 4.47. The summed E-state index contributed by atoms with van der Waals surface area (Å²) < 4.78 is 8.30. The number of aromatic nitrogens is 1. The molecule has 0 N–H and O–H groups in total. The van der Waals surface area contributed by atoms with Crippen LogP contribution in [0.4, 0.5) is 0 Å². The Hall–Kier alpha value is -2.17. The fourth-order valence-electron chi connectivity index (χ4n) is 3.27. The number of oxazole rings is 1. The lowest BCUT2D eigenvalue weighted by Gasteiger charge is -2.06. The lowest BCUT2D eigenvalue weighted by molar-refractivity contribution is 0.623. The molecular weight excluding hydrogens is 442 g/mol. The molecule has 0 saturated carbocycles. The van der Waals surface area contributed by atoms with Crippen molar-refractivity contribution in [2.24, 2.45) is 0 Å². The van der Waals surface area contributed by atoms with Crippen molar-refractivity contribution in [2.75, 3.05) is 0 Å². The first kappa shape index (κ1) is 15.1. The van der Waals surface area contributed by atoms with Gasteiger partial charge in [0.2, 0.25) is 5.89 Å². The molecule has 0 aliphatic heterocycles. The van der Waals surface area contributed by atoms with E-state index in [9.17, 15) is 0 Å². The summed E-state index contributed by atoms with van der Waals surface area (Å²) in [6, 6.07) is 22.6. The topological polar surface area (TPSA) is 26.0 Å². The van der Waals surface area contributed by atoms with E-state index in [1.54, 1.807) is 0 Å². The van der Waals surface area contributed by atoms with Gasteiger partial charge in [-0.05, 0) is 53.2 Å². The molecule has 0 radical (unpaired) electrons. The quantitative estimate of drug-likeness (QED) is 0.249. The van der Waals surface area contributed by atoms with Gasteiger partial charge in [-0.15, -0.1) is 0 Å². The molecule has 120 valence electrons. The van der Waals surface area contributed by atoms with E-state index < -0.39 is 0 Å². The molecule has 4 aromatic carbocycles. The summed E-state index contributed by atoms with van der Waals surface area (Å²) >= 11 is 7.17. The highest BCUT2D eigenvalue weighted by Crippen LogP contribution is 2.39. The first-order valence-electron chi connectivity index (χ1n) is 7.87. The molecule has 4 heteroatoms. The lowest BCUT2D eigenvalue weighted by atomic mass is 10.0. The first-order valence-corrected chi connectivity index (χ1v) is 9.46. The second-order valence-corrected chi connectivity index (χ2v) is 7.77. The number of fused-ring (bicyclic) bond motifs is 6. The number of benzene rings is 4. The van der Waals surface area contributed by atoms with Crippen molar-refractivity contribution < 1.29 is 4.42 Å². The zero-order chi connectivity index (χ0) is 17.0. The van der Waals surface area contributed by atoms with E-state index in [1.807, 2.05) is 42.5 Å². The number of rotatable bonds is 1.